The van der Waals surface area contributed by atoms with Crippen molar-refractivity contribution in [3.63, 3.8) is 0 Å². The standard InChI is InChI=1S/C14H17NO2S/c1-4-6-12(7-5-2)13-8-9-14(11(3)10-13)18(15,16)17/h4-10H,1H2,2-3H3,(H2,15,16,17)/b7-5-,12-6+. The summed E-state index contributed by atoms with van der Waals surface area (Å²) in [6.45, 7) is 7.31. The molecule has 3 nitrogen and oxygen atoms in total. The van der Waals surface area contributed by atoms with Gasteiger partial charge in [0.15, 0.2) is 0 Å². The lowest BCUT2D eigenvalue weighted by atomic mass is 10.0. The lowest BCUT2D eigenvalue weighted by Crippen LogP contribution is -2.13. The fourth-order valence-electron chi connectivity index (χ4n) is 1.70. The van der Waals surface area contributed by atoms with E-state index in [2.05, 4.69) is 6.58 Å². The van der Waals surface area contributed by atoms with Gasteiger partial charge in [0.1, 0.15) is 0 Å². The summed E-state index contributed by atoms with van der Waals surface area (Å²) in [5.41, 5.74) is 2.53. The Morgan fingerprint density at radius 2 is 2.06 bits per heavy atom. The van der Waals surface area contributed by atoms with E-state index in [4.69, 9.17) is 5.14 Å². The third-order valence-corrected chi connectivity index (χ3v) is 3.53. The summed E-state index contributed by atoms with van der Waals surface area (Å²) in [6.07, 6.45) is 7.41. The van der Waals surface area contributed by atoms with Crippen LogP contribution in [-0.2, 0) is 10.0 Å². The molecule has 2 N–H and O–H groups in total. The fourth-order valence-corrected chi connectivity index (χ4v) is 2.47. The Morgan fingerprint density at radius 1 is 1.39 bits per heavy atom. The molecule has 0 aromatic heterocycles. The average molecular weight is 263 g/mol. The van der Waals surface area contributed by atoms with E-state index in [-0.39, 0.29) is 4.90 Å². The van der Waals surface area contributed by atoms with Crippen molar-refractivity contribution in [3.8, 4) is 0 Å². The maximum Gasteiger partial charge on any atom is 0.238 e. The number of nitrogens with two attached hydrogens (primary N) is 1. The van der Waals surface area contributed by atoms with Gasteiger partial charge in [0.2, 0.25) is 10.0 Å². The van der Waals surface area contributed by atoms with E-state index < -0.39 is 10.0 Å². The largest absolute Gasteiger partial charge is 0.238 e. The number of sulfonamides is 1. The minimum absolute atomic E-state index is 0.157. The summed E-state index contributed by atoms with van der Waals surface area (Å²) >= 11 is 0. The predicted molar refractivity (Wildman–Crippen MR) is 75.5 cm³/mol. The van der Waals surface area contributed by atoms with Crippen molar-refractivity contribution >= 4 is 15.6 Å². The quantitative estimate of drug-likeness (QED) is 0.849. The molecule has 0 radical (unpaired) electrons. The van der Waals surface area contributed by atoms with Gasteiger partial charge in [-0.1, -0.05) is 43.0 Å². The highest BCUT2D eigenvalue weighted by Gasteiger charge is 2.11. The molecular weight excluding hydrogens is 246 g/mol. The first-order valence-corrected chi connectivity index (χ1v) is 7.04. The minimum Gasteiger partial charge on any atom is -0.225 e. The molecule has 0 saturated heterocycles. The Hall–Kier alpha value is -1.65. The monoisotopic (exact) mass is 263 g/mol. The van der Waals surface area contributed by atoms with Crippen LogP contribution in [0.4, 0.5) is 0 Å². The van der Waals surface area contributed by atoms with Crippen molar-refractivity contribution in [3.05, 3.63) is 60.2 Å². The summed E-state index contributed by atoms with van der Waals surface area (Å²) in [4.78, 5) is 0.157. The van der Waals surface area contributed by atoms with Crippen LogP contribution in [0.5, 0.6) is 0 Å². The number of rotatable bonds is 4. The molecule has 1 aromatic carbocycles. The Balaban J connectivity index is 3.35. The molecule has 0 aliphatic rings. The van der Waals surface area contributed by atoms with Crippen LogP contribution in [0, 0.1) is 6.92 Å². The molecule has 0 bridgehead atoms. The van der Waals surface area contributed by atoms with Crippen LogP contribution in [0.15, 0.2) is 54.0 Å². The van der Waals surface area contributed by atoms with Crippen LogP contribution in [0.3, 0.4) is 0 Å². The molecule has 96 valence electrons. The van der Waals surface area contributed by atoms with E-state index in [9.17, 15) is 8.42 Å². The van der Waals surface area contributed by atoms with E-state index in [1.165, 1.54) is 6.07 Å². The highest BCUT2D eigenvalue weighted by Crippen LogP contribution is 2.21. The van der Waals surface area contributed by atoms with E-state index >= 15 is 0 Å². The highest BCUT2D eigenvalue weighted by molar-refractivity contribution is 7.89. The summed E-state index contributed by atoms with van der Waals surface area (Å²) in [5.74, 6) is 0. The van der Waals surface area contributed by atoms with Crippen molar-refractivity contribution < 1.29 is 8.42 Å². The van der Waals surface area contributed by atoms with Crippen molar-refractivity contribution in [1.82, 2.24) is 0 Å². The second-order valence-corrected chi connectivity index (χ2v) is 5.41. The second kappa shape index (κ2) is 5.80. The van der Waals surface area contributed by atoms with Crippen LogP contribution in [0.2, 0.25) is 0 Å². The van der Waals surface area contributed by atoms with E-state index in [1.54, 1.807) is 25.1 Å². The molecule has 18 heavy (non-hydrogen) atoms. The third-order valence-electron chi connectivity index (χ3n) is 2.46. The van der Waals surface area contributed by atoms with Gasteiger partial charge >= 0.3 is 0 Å². The van der Waals surface area contributed by atoms with Crippen LogP contribution < -0.4 is 5.14 Å². The van der Waals surface area contributed by atoms with Gasteiger partial charge in [-0.3, -0.25) is 0 Å². The molecule has 0 fully saturated rings. The lowest BCUT2D eigenvalue weighted by Gasteiger charge is -2.07. The van der Waals surface area contributed by atoms with Crippen molar-refractivity contribution in [2.24, 2.45) is 5.14 Å². The molecule has 0 atom stereocenters. The van der Waals surface area contributed by atoms with E-state index in [0.717, 1.165) is 11.1 Å². The van der Waals surface area contributed by atoms with E-state index in [0.29, 0.717) is 5.56 Å². The topological polar surface area (TPSA) is 60.2 Å². The summed E-state index contributed by atoms with van der Waals surface area (Å²) in [6, 6.07) is 5.07. The third kappa shape index (κ3) is 3.42. The summed E-state index contributed by atoms with van der Waals surface area (Å²) in [7, 11) is -3.66. The number of primary sulfonamides is 1. The fraction of sp³-hybridized carbons (Fsp3) is 0.143. The SMILES string of the molecule is C=C/C=C(\C=C/C)c1ccc(S(N)(=O)=O)c(C)c1. The molecule has 0 aliphatic carbocycles. The number of aryl methyl sites for hydroxylation is 1. The Labute approximate surface area is 108 Å². The summed E-state index contributed by atoms with van der Waals surface area (Å²) < 4.78 is 22.6. The first-order chi connectivity index (χ1) is 8.40. The van der Waals surface area contributed by atoms with Gasteiger partial charge in [0, 0.05) is 0 Å². The lowest BCUT2D eigenvalue weighted by molar-refractivity contribution is 0.597. The first kappa shape index (κ1) is 14.4. The van der Waals surface area contributed by atoms with Crippen molar-refractivity contribution in [2.45, 2.75) is 18.7 Å². The number of hydrogen-bond acceptors (Lipinski definition) is 2. The Kier molecular flexibility index (Phi) is 4.64. The van der Waals surface area contributed by atoms with Gasteiger partial charge in [-0.15, -0.1) is 0 Å². The maximum absolute atomic E-state index is 11.3. The number of allylic oxidation sites excluding steroid dienone is 5. The van der Waals surface area contributed by atoms with E-state index in [1.807, 2.05) is 25.2 Å². The van der Waals surface area contributed by atoms with Gasteiger partial charge in [0.25, 0.3) is 0 Å². The van der Waals surface area contributed by atoms with Crippen molar-refractivity contribution in [2.75, 3.05) is 0 Å². The average Bonchev–Trinajstić information content (AvgIpc) is 2.27. The van der Waals surface area contributed by atoms with Crippen LogP contribution >= 0.6 is 0 Å². The Bertz CT molecular complexity index is 611. The second-order valence-electron chi connectivity index (χ2n) is 3.88. The van der Waals surface area contributed by atoms with Crippen molar-refractivity contribution in [1.29, 1.82) is 0 Å². The molecule has 0 aliphatic heterocycles. The van der Waals surface area contributed by atoms with Gasteiger partial charge in [0.05, 0.1) is 4.90 Å². The molecule has 0 heterocycles. The maximum atomic E-state index is 11.3. The van der Waals surface area contributed by atoms with Gasteiger partial charge < -0.3 is 0 Å². The molecule has 0 saturated carbocycles. The normalized spacial score (nSPS) is 12.9. The molecule has 0 unspecified atom stereocenters. The van der Waals surface area contributed by atoms with Crippen LogP contribution in [-0.4, -0.2) is 8.42 Å². The smallest absolute Gasteiger partial charge is 0.225 e. The van der Waals surface area contributed by atoms with Gasteiger partial charge in [-0.05, 0) is 36.6 Å². The number of hydrogen-bond donors (Lipinski definition) is 1. The highest BCUT2D eigenvalue weighted by atomic mass is 32.2. The van der Waals surface area contributed by atoms with Gasteiger partial charge in [-0.25, -0.2) is 13.6 Å². The molecular formula is C14H17NO2S. The summed E-state index contributed by atoms with van der Waals surface area (Å²) in [5, 5.41) is 5.13. The predicted octanol–water partition coefficient (Wildman–Crippen LogP) is 2.79. The number of benzene rings is 1. The molecule has 0 amide bonds. The molecule has 0 spiro atoms. The zero-order valence-corrected chi connectivity index (χ0v) is 11.4. The zero-order valence-electron chi connectivity index (χ0n) is 10.6. The first-order valence-electron chi connectivity index (χ1n) is 5.49. The molecule has 1 rings (SSSR count). The van der Waals surface area contributed by atoms with Crippen LogP contribution in [0.1, 0.15) is 18.1 Å². The molecule has 1 aromatic rings. The Morgan fingerprint density at radius 3 is 2.50 bits per heavy atom. The zero-order chi connectivity index (χ0) is 13.8. The van der Waals surface area contributed by atoms with Gasteiger partial charge in [-0.2, -0.15) is 0 Å². The van der Waals surface area contributed by atoms with Crippen LogP contribution in [0.25, 0.3) is 5.57 Å². The minimum atomic E-state index is -3.66. The molecule has 4 heteroatoms.